The quantitative estimate of drug-likeness (QED) is 0.461. The van der Waals surface area contributed by atoms with E-state index < -0.39 is 0 Å². The van der Waals surface area contributed by atoms with E-state index >= 15 is 0 Å². The van der Waals surface area contributed by atoms with Crippen LogP contribution in [0.1, 0.15) is 30.4 Å². The van der Waals surface area contributed by atoms with E-state index in [9.17, 15) is 4.79 Å². The molecule has 0 bridgehead atoms. The monoisotopic (exact) mass is 472 g/mol. The third-order valence-corrected chi connectivity index (χ3v) is 6.93. The summed E-state index contributed by atoms with van der Waals surface area (Å²) >= 11 is 6.36. The van der Waals surface area contributed by atoms with E-state index in [1.54, 1.807) is 7.11 Å². The van der Waals surface area contributed by atoms with Crippen LogP contribution < -0.4 is 10.1 Å². The third-order valence-electron chi connectivity index (χ3n) is 6.64. The highest BCUT2D eigenvalue weighted by Crippen LogP contribution is 2.36. The fraction of sp³-hybridized carbons (Fsp3) is 0.276. The van der Waals surface area contributed by atoms with Gasteiger partial charge in [-0.05, 0) is 60.2 Å². The molecule has 1 saturated carbocycles. The number of methoxy groups -OCH3 is 1. The Kier molecular flexibility index (Phi) is 6.70. The van der Waals surface area contributed by atoms with E-state index in [4.69, 9.17) is 16.3 Å². The van der Waals surface area contributed by atoms with Crippen molar-refractivity contribution in [1.29, 1.82) is 0 Å². The molecule has 5 heteroatoms. The molecule has 0 radical (unpaired) electrons. The maximum Gasteiger partial charge on any atom is 0.251 e. The Morgan fingerprint density at radius 1 is 1.00 bits per heavy atom. The van der Waals surface area contributed by atoms with Gasteiger partial charge in [0.15, 0.2) is 0 Å². The van der Waals surface area contributed by atoms with Crippen molar-refractivity contribution in [2.75, 3.05) is 20.2 Å². The number of amides is 1. The van der Waals surface area contributed by atoms with Gasteiger partial charge in [0.25, 0.3) is 5.91 Å². The Morgan fingerprint density at radius 2 is 1.74 bits per heavy atom. The van der Waals surface area contributed by atoms with Crippen LogP contribution >= 0.6 is 11.6 Å². The number of carbonyl (C=O) groups is 1. The fourth-order valence-electron chi connectivity index (χ4n) is 4.74. The number of para-hydroxylation sites is 1. The minimum Gasteiger partial charge on any atom is -0.495 e. The number of ether oxygens (including phenoxy) is 1. The second-order valence-corrected chi connectivity index (χ2v) is 9.33. The first-order valence-electron chi connectivity index (χ1n) is 11.9. The lowest BCUT2D eigenvalue weighted by Gasteiger charge is -2.29. The van der Waals surface area contributed by atoms with Gasteiger partial charge in [-0.25, -0.2) is 0 Å². The largest absolute Gasteiger partial charge is 0.495 e. The van der Waals surface area contributed by atoms with E-state index in [2.05, 4.69) is 53.8 Å². The van der Waals surface area contributed by atoms with Gasteiger partial charge in [-0.1, -0.05) is 72.3 Å². The van der Waals surface area contributed by atoms with Crippen LogP contribution in [0.5, 0.6) is 5.75 Å². The average Bonchev–Trinajstić information content (AvgIpc) is 3.73. The minimum atomic E-state index is 0.108. The number of rotatable bonds is 7. The third kappa shape index (κ3) is 4.75. The van der Waals surface area contributed by atoms with Gasteiger partial charge in [0.2, 0.25) is 0 Å². The van der Waals surface area contributed by atoms with Gasteiger partial charge in [-0.15, -0.1) is 0 Å². The van der Waals surface area contributed by atoms with Crippen LogP contribution in [0.4, 0.5) is 0 Å². The zero-order valence-corrected chi connectivity index (χ0v) is 20.1. The number of hydrogen-bond acceptors (Lipinski definition) is 3. The summed E-state index contributed by atoms with van der Waals surface area (Å²) in [5.74, 6) is 0.756. The summed E-state index contributed by atoms with van der Waals surface area (Å²) in [4.78, 5) is 16.0. The zero-order valence-electron chi connectivity index (χ0n) is 19.4. The standard InChI is InChI=1S/C29H29ClN2O2/c1-34-28-23(11-6-12-27(28)30)19-32(24-13-14-24)29(33)26-18-31-16-15-25(26)22-10-5-9-21(17-22)20-7-3-2-4-8-20/h2-12,17,24,31H,13-16,18-19H2,1H3. The SMILES string of the molecule is COc1c(Cl)cccc1CN(C(=O)C1=C(c2cccc(-c3ccccc3)c2)CCNC1)C1CC1. The molecule has 5 rings (SSSR count). The summed E-state index contributed by atoms with van der Waals surface area (Å²) in [6.45, 7) is 1.95. The summed E-state index contributed by atoms with van der Waals surface area (Å²) in [5, 5.41) is 3.99. The fourth-order valence-corrected chi connectivity index (χ4v) is 5.01. The van der Waals surface area contributed by atoms with Crippen LogP contribution in [-0.4, -0.2) is 37.0 Å². The summed E-state index contributed by atoms with van der Waals surface area (Å²) in [7, 11) is 1.62. The molecule has 0 saturated heterocycles. The highest BCUT2D eigenvalue weighted by molar-refractivity contribution is 6.32. The Hall–Kier alpha value is -3.08. The van der Waals surface area contributed by atoms with Crippen LogP contribution in [0.25, 0.3) is 16.7 Å². The summed E-state index contributed by atoms with van der Waals surface area (Å²) < 4.78 is 5.55. The Balaban J connectivity index is 1.50. The molecule has 3 aromatic rings. The second-order valence-electron chi connectivity index (χ2n) is 8.93. The predicted octanol–water partition coefficient (Wildman–Crippen LogP) is 5.95. The molecule has 2 aliphatic rings. The molecular weight excluding hydrogens is 444 g/mol. The van der Waals surface area contributed by atoms with Gasteiger partial charge < -0.3 is 15.0 Å². The van der Waals surface area contributed by atoms with Gasteiger partial charge >= 0.3 is 0 Å². The molecule has 34 heavy (non-hydrogen) atoms. The van der Waals surface area contributed by atoms with Crippen molar-refractivity contribution < 1.29 is 9.53 Å². The van der Waals surface area contributed by atoms with Crippen molar-refractivity contribution in [3.8, 4) is 16.9 Å². The van der Waals surface area contributed by atoms with Crippen molar-refractivity contribution in [2.45, 2.75) is 31.8 Å². The van der Waals surface area contributed by atoms with Crippen LogP contribution in [0, 0.1) is 0 Å². The van der Waals surface area contributed by atoms with Crippen molar-refractivity contribution >= 4 is 23.1 Å². The van der Waals surface area contributed by atoms with Gasteiger partial charge in [0, 0.05) is 30.3 Å². The molecule has 1 N–H and O–H groups in total. The van der Waals surface area contributed by atoms with Gasteiger partial charge in [-0.3, -0.25) is 4.79 Å². The zero-order chi connectivity index (χ0) is 23.5. The van der Waals surface area contributed by atoms with E-state index in [1.165, 1.54) is 11.1 Å². The van der Waals surface area contributed by atoms with Crippen LogP contribution in [0.2, 0.25) is 5.02 Å². The lowest BCUT2D eigenvalue weighted by molar-refractivity contribution is -0.128. The van der Waals surface area contributed by atoms with Crippen molar-refractivity contribution in [3.63, 3.8) is 0 Å². The molecule has 1 aliphatic carbocycles. The second kappa shape index (κ2) is 10.0. The molecule has 3 aromatic carbocycles. The molecule has 174 valence electrons. The summed E-state index contributed by atoms with van der Waals surface area (Å²) in [6, 6.07) is 24.9. The first-order chi connectivity index (χ1) is 16.7. The Morgan fingerprint density at radius 3 is 2.50 bits per heavy atom. The number of nitrogens with zero attached hydrogens (tertiary/aromatic N) is 1. The number of nitrogens with one attached hydrogen (secondary N) is 1. The smallest absolute Gasteiger partial charge is 0.251 e. The van der Waals surface area contributed by atoms with Crippen LogP contribution in [0.3, 0.4) is 0 Å². The average molecular weight is 473 g/mol. The first-order valence-corrected chi connectivity index (χ1v) is 12.2. The normalized spacial score (nSPS) is 15.8. The van der Waals surface area contributed by atoms with E-state index in [-0.39, 0.29) is 11.9 Å². The van der Waals surface area contributed by atoms with Crippen LogP contribution in [-0.2, 0) is 11.3 Å². The molecule has 1 heterocycles. The predicted molar refractivity (Wildman–Crippen MR) is 138 cm³/mol. The maximum atomic E-state index is 14.0. The van der Waals surface area contributed by atoms with Crippen molar-refractivity contribution in [1.82, 2.24) is 10.2 Å². The van der Waals surface area contributed by atoms with Gasteiger partial charge in [0.05, 0.1) is 12.1 Å². The topological polar surface area (TPSA) is 41.6 Å². The molecule has 0 atom stereocenters. The molecule has 1 fully saturated rings. The molecule has 0 spiro atoms. The van der Waals surface area contributed by atoms with E-state index in [0.717, 1.165) is 48.1 Å². The molecule has 0 unspecified atom stereocenters. The number of hydrogen-bond donors (Lipinski definition) is 1. The van der Waals surface area contributed by atoms with Crippen LogP contribution in [0.15, 0.2) is 78.4 Å². The number of benzene rings is 3. The Bertz CT molecular complexity index is 1220. The molecule has 1 aliphatic heterocycles. The van der Waals surface area contributed by atoms with Crippen molar-refractivity contribution in [3.05, 3.63) is 94.5 Å². The van der Waals surface area contributed by atoms with E-state index in [1.807, 2.05) is 29.2 Å². The van der Waals surface area contributed by atoms with Gasteiger partial charge in [0.1, 0.15) is 5.75 Å². The maximum absolute atomic E-state index is 14.0. The molecular formula is C29H29ClN2O2. The lowest BCUT2D eigenvalue weighted by atomic mass is 9.91. The van der Waals surface area contributed by atoms with Crippen molar-refractivity contribution in [2.24, 2.45) is 0 Å². The Labute approximate surface area is 206 Å². The highest BCUT2D eigenvalue weighted by atomic mass is 35.5. The lowest BCUT2D eigenvalue weighted by Crippen LogP contribution is -2.39. The molecule has 1 amide bonds. The summed E-state index contributed by atoms with van der Waals surface area (Å²) in [5.41, 5.74) is 6.42. The number of halogens is 1. The number of carbonyl (C=O) groups excluding carboxylic acids is 1. The van der Waals surface area contributed by atoms with Gasteiger partial charge in [-0.2, -0.15) is 0 Å². The summed E-state index contributed by atoms with van der Waals surface area (Å²) in [6.07, 6.45) is 2.90. The first kappa shape index (κ1) is 22.7. The molecule has 4 nitrogen and oxygen atoms in total. The highest BCUT2D eigenvalue weighted by Gasteiger charge is 2.36. The minimum absolute atomic E-state index is 0.108. The van der Waals surface area contributed by atoms with E-state index in [0.29, 0.717) is 23.9 Å². The molecule has 0 aromatic heterocycles.